The number of carbonyl (C=O) groups is 3. The van der Waals surface area contributed by atoms with Gasteiger partial charge in [-0.2, -0.15) is 0 Å². The zero-order chi connectivity index (χ0) is 16.1. The highest BCUT2D eigenvalue weighted by Crippen LogP contribution is 2.24. The molecule has 114 valence electrons. The highest BCUT2D eigenvalue weighted by Gasteiger charge is 2.35. The minimum atomic E-state index is -0.520. The summed E-state index contributed by atoms with van der Waals surface area (Å²) >= 11 is 0. The summed E-state index contributed by atoms with van der Waals surface area (Å²) in [6.07, 6.45) is 6.98. The maximum Gasteiger partial charge on any atom is 0.338 e. The van der Waals surface area contributed by atoms with Gasteiger partial charge in [0.2, 0.25) is 0 Å². The molecule has 1 aliphatic heterocycles. The van der Waals surface area contributed by atoms with Crippen molar-refractivity contribution in [1.82, 2.24) is 4.90 Å². The number of ether oxygens (including phenoxy) is 1. The lowest BCUT2D eigenvalue weighted by Gasteiger charge is -2.09. The SMILES string of the molecule is CC=CCOC(=O)c1ccc2c(c1)C(=O)N(CC=CC)C2=O. The average Bonchev–Trinajstić information content (AvgIpc) is 2.76. The van der Waals surface area contributed by atoms with Gasteiger partial charge >= 0.3 is 5.97 Å². The Labute approximate surface area is 128 Å². The lowest BCUT2D eigenvalue weighted by atomic mass is 10.1. The van der Waals surface area contributed by atoms with E-state index in [4.69, 9.17) is 4.74 Å². The third-order valence-electron chi connectivity index (χ3n) is 3.28. The van der Waals surface area contributed by atoms with Crippen molar-refractivity contribution in [2.75, 3.05) is 13.2 Å². The number of imide groups is 1. The Morgan fingerprint density at radius 2 is 1.77 bits per heavy atom. The first-order valence-electron chi connectivity index (χ1n) is 6.99. The van der Waals surface area contributed by atoms with E-state index in [1.54, 1.807) is 24.3 Å². The van der Waals surface area contributed by atoms with E-state index in [1.807, 2.05) is 13.8 Å². The Morgan fingerprint density at radius 1 is 1.09 bits per heavy atom. The van der Waals surface area contributed by atoms with Crippen molar-refractivity contribution < 1.29 is 19.1 Å². The van der Waals surface area contributed by atoms with E-state index in [2.05, 4.69) is 0 Å². The van der Waals surface area contributed by atoms with Crippen LogP contribution in [-0.4, -0.2) is 35.8 Å². The van der Waals surface area contributed by atoms with Gasteiger partial charge in [0.15, 0.2) is 0 Å². The number of hydrogen-bond acceptors (Lipinski definition) is 4. The van der Waals surface area contributed by atoms with E-state index in [9.17, 15) is 14.4 Å². The van der Waals surface area contributed by atoms with Gasteiger partial charge in [-0.15, -0.1) is 0 Å². The molecule has 5 nitrogen and oxygen atoms in total. The molecule has 2 rings (SSSR count). The zero-order valence-electron chi connectivity index (χ0n) is 12.5. The Balaban J connectivity index is 2.23. The van der Waals surface area contributed by atoms with E-state index < -0.39 is 5.97 Å². The molecular weight excluding hydrogens is 282 g/mol. The zero-order valence-corrected chi connectivity index (χ0v) is 12.5. The second-order valence-corrected chi connectivity index (χ2v) is 4.72. The highest BCUT2D eigenvalue weighted by atomic mass is 16.5. The van der Waals surface area contributed by atoms with Gasteiger partial charge in [0.25, 0.3) is 11.8 Å². The van der Waals surface area contributed by atoms with E-state index in [0.717, 1.165) is 4.90 Å². The van der Waals surface area contributed by atoms with Gasteiger partial charge < -0.3 is 4.74 Å². The molecule has 2 amide bonds. The van der Waals surface area contributed by atoms with Gasteiger partial charge in [-0.25, -0.2) is 4.79 Å². The van der Waals surface area contributed by atoms with Crippen LogP contribution in [0.5, 0.6) is 0 Å². The Bertz CT molecular complexity index is 673. The van der Waals surface area contributed by atoms with Gasteiger partial charge in [-0.3, -0.25) is 14.5 Å². The molecular formula is C17H17NO4. The molecule has 0 fully saturated rings. The van der Waals surface area contributed by atoms with Crippen molar-refractivity contribution in [3.05, 3.63) is 59.2 Å². The van der Waals surface area contributed by atoms with Gasteiger partial charge in [0.05, 0.1) is 16.7 Å². The minimum Gasteiger partial charge on any atom is -0.458 e. The smallest absolute Gasteiger partial charge is 0.338 e. The topological polar surface area (TPSA) is 63.7 Å². The van der Waals surface area contributed by atoms with E-state index in [1.165, 1.54) is 18.2 Å². The average molecular weight is 299 g/mol. The molecule has 1 aliphatic rings. The lowest BCUT2D eigenvalue weighted by Crippen LogP contribution is -2.29. The van der Waals surface area contributed by atoms with Gasteiger partial charge in [0.1, 0.15) is 6.61 Å². The summed E-state index contributed by atoms with van der Waals surface area (Å²) < 4.78 is 5.04. The molecule has 0 spiro atoms. The monoisotopic (exact) mass is 299 g/mol. The van der Waals surface area contributed by atoms with Crippen LogP contribution in [0.3, 0.4) is 0 Å². The summed E-state index contributed by atoms with van der Waals surface area (Å²) in [6, 6.07) is 4.42. The van der Waals surface area contributed by atoms with Crippen molar-refractivity contribution in [3.63, 3.8) is 0 Å². The van der Waals surface area contributed by atoms with Crippen molar-refractivity contribution in [2.24, 2.45) is 0 Å². The number of fused-ring (bicyclic) bond motifs is 1. The summed E-state index contributed by atoms with van der Waals surface area (Å²) in [7, 11) is 0. The number of hydrogen-bond donors (Lipinski definition) is 0. The number of esters is 1. The van der Waals surface area contributed by atoms with Gasteiger partial charge in [-0.1, -0.05) is 24.3 Å². The first-order valence-corrected chi connectivity index (χ1v) is 6.99. The highest BCUT2D eigenvalue weighted by molar-refractivity contribution is 6.22. The molecule has 1 heterocycles. The molecule has 0 atom stereocenters. The van der Waals surface area contributed by atoms with E-state index in [-0.39, 0.29) is 36.1 Å². The van der Waals surface area contributed by atoms with Crippen LogP contribution in [0.15, 0.2) is 42.5 Å². The number of nitrogens with zero attached hydrogens (tertiary/aromatic N) is 1. The normalized spacial score (nSPS) is 14.2. The molecule has 22 heavy (non-hydrogen) atoms. The predicted octanol–water partition coefficient (Wildman–Crippen LogP) is 2.59. The lowest BCUT2D eigenvalue weighted by molar-refractivity contribution is 0.0549. The van der Waals surface area contributed by atoms with Crippen LogP contribution in [0, 0.1) is 0 Å². The summed E-state index contributed by atoms with van der Waals surface area (Å²) in [5.74, 6) is -1.25. The van der Waals surface area contributed by atoms with Crippen LogP contribution in [0.4, 0.5) is 0 Å². The Hall–Kier alpha value is -2.69. The number of allylic oxidation sites excluding steroid dienone is 2. The minimum absolute atomic E-state index is 0.173. The maximum atomic E-state index is 12.3. The number of benzene rings is 1. The molecule has 5 heteroatoms. The molecule has 0 unspecified atom stereocenters. The fourth-order valence-electron chi connectivity index (χ4n) is 2.10. The second kappa shape index (κ2) is 6.85. The third kappa shape index (κ3) is 2.98. The molecule has 0 radical (unpaired) electrons. The quantitative estimate of drug-likeness (QED) is 0.476. The van der Waals surface area contributed by atoms with Crippen LogP contribution >= 0.6 is 0 Å². The van der Waals surface area contributed by atoms with Crippen molar-refractivity contribution in [1.29, 1.82) is 0 Å². The summed E-state index contributed by atoms with van der Waals surface area (Å²) in [5.41, 5.74) is 0.826. The van der Waals surface area contributed by atoms with Crippen molar-refractivity contribution in [3.8, 4) is 0 Å². The summed E-state index contributed by atoms with van der Waals surface area (Å²) in [5, 5.41) is 0. The molecule has 0 aromatic heterocycles. The summed E-state index contributed by atoms with van der Waals surface area (Å²) in [6.45, 7) is 4.04. The number of rotatable bonds is 5. The van der Waals surface area contributed by atoms with Gasteiger partial charge in [-0.05, 0) is 32.0 Å². The van der Waals surface area contributed by atoms with E-state index in [0.29, 0.717) is 5.56 Å². The number of amides is 2. The molecule has 0 aliphatic carbocycles. The van der Waals surface area contributed by atoms with Gasteiger partial charge in [0, 0.05) is 6.54 Å². The van der Waals surface area contributed by atoms with Crippen LogP contribution in [0.1, 0.15) is 44.9 Å². The van der Waals surface area contributed by atoms with Crippen molar-refractivity contribution >= 4 is 17.8 Å². The largest absolute Gasteiger partial charge is 0.458 e. The fraction of sp³-hybridized carbons (Fsp3) is 0.235. The van der Waals surface area contributed by atoms with Crippen LogP contribution < -0.4 is 0 Å². The fourth-order valence-corrected chi connectivity index (χ4v) is 2.10. The van der Waals surface area contributed by atoms with Crippen LogP contribution in [0.2, 0.25) is 0 Å². The molecule has 0 saturated carbocycles. The maximum absolute atomic E-state index is 12.3. The third-order valence-corrected chi connectivity index (χ3v) is 3.28. The van der Waals surface area contributed by atoms with Crippen LogP contribution in [0.25, 0.3) is 0 Å². The Kier molecular flexibility index (Phi) is 4.88. The van der Waals surface area contributed by atoms with Crippen LogP contribution in [-0.2, 0) is 4.74 Å². The molecule has 0 bridgehead atoms. The Morgan fingerprint density at radius 3 is 2.45 bits per heavy atom. The molecule has 0 N–H and O–H groups in total. The number of carbonyl (C=O) groups excluding carboxylic acids is 3. The standard InChI is InChI=1S/C17H17NO4/c1-3-5-9-18-15(19)13-8-7-12(11-14(13)16(18)20)17(21)22-10-6-4-2/h3-8,11H,9-10H2,1-2H3. The predicted molar refractivity (Wildman–Crippen MR) is 81.7 cm³/mol. The summed E-state index contributed by atoms with van der Waals surface area (Å²) in [4.78, 5) is 37.4. The van der Waals surface area contributed by atoms with E-state index >= 15 is 0 Å². The second-order valence-electron chi connectivity index (χ2n) is 4.72. The molecule has 1 aromatic rings. The first-order chi connectivity index (χ1) is 10.6. The molecule has 0 saturated heterocycles. The molecule has 1 aromatic carbocycles. The van der Waals surface area contributed by atoms with Crippen molar-refractivity contribution in [2.45, 2.75) is 13.8 Å². The first kappa shape index (κ1) is 15.7.